The molecular formula is C15H21N3O. The van der Waals surface area contributed by atoms with Crippen molar-refractivity contribution in [2.45, 2.75) is 37.9 Å². The predicted octanol–water partition coefficient (Wildman–Crippen LogP) is 1.09. The van der Waals surface area contributed by atoms with Crippen molar-refractivity contribution in [3.63, 3.8) is 0 Å². The fraction of sp³-hybridized carbons (Fsp3) is 0.533. The van der Waals surface area contributed by atoms with Crippen LogP contribution in [0.4, 0.5) is 0 Å². The zero-order valence-electron chi connectivity index (χ0n) is 11.1. The molecule has 1 heterocycles. The number of carbonyl (C=O) groups excluding carboxylic acids is 1. The molecule has 3 N–H and O–H groups in total. The van der Waals surface area contributed by atoms with Crippen LogP contribution < -0.4 is 16.0 Å². The number of hydrogen-bond acceptors (Lipinski definition) is 3. The summed E-state index contributed by atoms with van der Waals surface area (Å²) in [6.45, 7) is 2.31. The van der Waals surface area contributed by atoms with Crippen molar-refractivity contribution in [3.8, 4) is 0 Å². The van der Waals surface area contributed by atoms with Gasteiger partial charge < -0.3 is 16.0 Å². The lowest BCUT2D eigenvalue weighted by atomic mass is 9.99. The predicted molar refractivity (Wildman–Crippen MR) is 74.7 cm³/mol. The molecule has 3 rings (SSSR count). The van der Waals surface area contributed by atoms with Gasteiger partial charge in [0.1, 0.15) is 0 Å². The van der Waals surface area contributed by atoms with Gasteiger partial charge in [-0.2, -0.15) is 0 Å². The van der Waals surface area contributed by atoms with Crippen LogP contribution in [-0.2, 0) is 11.3 Å². The minimum absolute atomic E-state index is 0.122. The third-order valence-electron chi connectivity index (χ3n) is 3.81. The second-order valence-electron chi connectivity index (χ2n) is 5.44. The molecule has 1 aliphatic heterocycles. The molecule has 1 amide bonds. The maximum atomic E-state index is 11.7. The van der Waals surface area contributed by atoms with Gasteiger partial charge in [0.2, 0.25) is 5.91 Å². The number of hydrogen-bond donors (Lipinski definition) is 3. The molecule has 0 aromatic heterocycles. The minimum Gasteiger partial charge on any atom is -0.352 e. The van der Waals surface area contributed by atoms with Crippen LogP contribution in [0.25, 0.3) is 0 Å². The molecule has 1 aliphatic carbocycles. The summed E-state index contributed by atoms with van der Waals surface area (Å²) in [7, 11) is 0. The second-order valence-corrected chi connectivity index (χ2v) is 5.44. The first kappa shape index (κ1) is 12.6. The van der Waals surface area contributed by atoms with Crippen molar-refractivity contribution in [2.75, 3.05) is 13.1 Å². The first-order valence-corrected chi connectivity index (χ1v) is 7.14. The van der Waals surface area contributed by atoms with E-state index in [9.17, 15) is 4.79 Å². The van der Waals surface area contributed by atoms with E-state index in [-0.39, 0.29) is 11.9 Å². The van der Waals surface area contributed by atoms with Gasteiger partial charge >= 0.3 is 0 Å². The van der Waals surface area contributed by atoms with Gasteiger partial charge in [-0.3, -0.25) is 4.79 Å². The Labute approximate surface area is 114 Å². The number of benzene rings is 1. The van der Waals surface area contributed by atoms with E-state index in [1.807, 2.05) is 0 Å². The van der Waals surface area contributed by atoms with Gasteiger partial charge in [-0.05, 0) is 36.9 Å². The quantitative estimate of drug-likeness (QED) is 0.758. The first-order chi connectivity index (χ1) is 9.33. The highest BCUT2D eigenvalue weighted by atomic mass is 16.2. The molecule has 4 heteroatoms. The highest BCUT2D eigenvalue weighted by molar-refractivity contribution is 5.78. The summed E-state index contributed by atoms with van der Waals surface area (Å²) in [5, 5.41) is 9.84. The standard InChI is InChI=1S/C15H21N3O/c19-15(18-12-5-6-12)10-17-14-7-8-16-9-11-3-1-2-4-13(11)14/h1-4,12,14,16-17H,5-10H2,(H,18,19). The average molecular weight is 259 g/mol. The summed E-state index contributed by atoms with van der Waals surface area (Å²) in [5.74, 6) is 0.122. The molecule has 1 saturated carbocycles. The van der Waals surface area contributed by atoms with Crippen LogP contribution in [0.1, 0.15) is 36.4 Å². The fourth-order valence-corrected chi connectivity index (χ4v) is 2.59. The van der Waals surface area contributed by atoms with Crippen LogP contribution in [0.2, 0.25) is 0 Å². The summed E-state index contributed by atoms with van der Waals surface area (Å²) in [5.41, 5.74) is 2.66. The SMILES string of the molecule is O=C(CNC1CCNCc2ccccc21)NC1CC1. The van der Waals surface area contributed by atoms with E-state index in [0.29, 0.717) is 12.6 Å². The Hall–Kier alpha value is -1.39. The first-order valence-electron chi connectivity index (χ1n) is 7.14. The van der Waals surface area contributed by atoms with Crippen molar-refractivity contribution < 1.29 is 4.79 Å². The van der Waals surface area contributed by atoms with Gasteiger partial charge in [-0.1, -0.05) is 24.3 Å². The number of nitrogens with one attached hydrogen (secondary N) is 3. The third kappa shape index (κ3) is 3.33. The molecule has 0 radical (unpaired) electrons. The lowest BCUT2D eigenvalue weighted by molar-refractivity contribution is -0.120. The normalized spacial score (nSPS) is 22.4. The van der Waals surface area contributed by atoms with E-state index in [2.05, 4.69) is 40.2 Å². The van der Waals surface area contributed by atoms with Crippen molar-refractivity contribution in [1.82, 2.24) is 16.0 Å². The molecule has 2 aliphatic rings. The number of amides is 1. The van der Waals surface area contributed by atoms with Crippen LogP contribution >= 0.6 is 0 Å². The van der Waals surface area contributed by atoms with Crippen molar-refractivity contribution in [2.24, 2.45) is 0 Å². The van der Waals surface area contributed by atoms with Crippen molar-refractivity contribution >= 4 is 5.91 Å². The van der Waals surface area contributed by atoms with Gasteiger partial charge in [0.15, 0.2) is 0 Å². The van der Waals surface area contributed by atoms with Crippen LogP contribution in [0, 0.1) is 0 Å². The van der Waals surface area contributed by atoms with Crippen LogP contribution in [-0.4, -0.2) is 25.0 Å². The van der Waals surface area contributed by atoms with Crippen LogP contribution in [0.3, 0.4) is 0 Å². The van der Waals surface area contributed by atoms with Gasteiger partial charge in [-0.15, -0.1) is 0 Å². The molecule has 1 aromatic carbocycles. The Balaban J connectivity index is 1.61. The molecule has 0 spiro atoms. The summed E-state index contributed by atoms with van der Waals surface area (Å²) in [6, 6.07) is 9.19. The van der Waals surface area contributed by atoms with Gasteiger partial charge in [0, 0.05) is 18.6 Å². The van der Waals surface area contributed by atoms with E-state index < -0.39 is 0 Å². The second kappa shape index (κ2) is 5.72. The Morgan fingerprint density at radius 2 is 2.11 bits per heavy atom. The lowest BCUT2D eigenvalue weighted by Gasteiger charge is -2.18. The number of rotatable bonds is 4. The third-order valence-corrected chi connectivity index (χ3v) is 3.81. The monoisotopic (exact) mass is 259 g/mol. The van der Waals surface area contributed by atoms with Crippen molar-refractivity contribution in [1.29, 1.82) is 0 Å². The van der Waals surface area contributed by atoms with E-state index in [1.165, 1.54) is 11.1 Å². The Morgan fingerprint density at radius 1 is 1.26 bits per heavy atom. The maximum Gasteiger partial charge on any atom is 0.234 e. The van der Waals surface area contributed by atoms with Crippen LogP contribution in [0.5, 0.6) is 0 Å². The minimum atomic E-state index is 0.122. The Bertz CT molecular complexity index is 456. The Kier molecular flexibility index (Phi) is 3.80. The van der Waals surface area contributed by atoms with E-state index in [0.717, 1.165) is 32.4 Å². The zero-order valence-corrected chi connectivity index (χ0v) is 11.1. The maximum absolute atomic E-state index is 11.7. The van der Waals surface area contributed by atoms with Gasteiger partial charge in [0.05, 0.1) is 6.54 Å². The van der Waals surface area contributed by atoms with Gasteiger partial charge in [-0.25, -0.2) is 0 Å². The molecule has 1 unspecified atom stereocenters. The molecule has 1 atom stereocenters. The Morgan fingerprint density at radius 3 is 2.95 bits per heavy atom. The van der Waals surface area contributed by atoms with E-state index in [1.54, 1.807) is 0 Å². The smallest absolute Gasteiger partial charge is 0.234 e. The molecule has 1 aromatic rings. The molecule has 0 saturated heterocycles. The fourth-order valence-electron chi connectivity index (χ4n) is 2.59. The molecule has 1 fully saturated rings. The molecule has 102 valence electrons. The molecule has 19 heavy (non-hydrogen) atoms. The summed E-state index contributed by atoms with van der Waals surface area (Å²) in [4.78, 5) is 11.7. The topological polar surface area (TPSA) is 53.2 Å². The molecular weight excluding hydrogens is 238 g/mol. The molecule has 0 bridgehead atoms. The molecule has 4 nitrogen and oxygen atoms in total. The van der Waals surface area contributed by atoms with Crippen molar-refractivity contribution in [3.05, 3.63) is 35.4 Å². The summed E-state index contributed by atoms with van der Waals surface area (Å²) < 4.78 is 0. The van der Waals surface area contributed by atoms with E-state index in [4.69, 9.17) is 0 Å². The largest absolute Gasteiger partial charge is 0.352 e. The van der Waals surface area contributed by atoms with Crippen LogP contribution in [0.15, 0.2) is 24.3 Å². The highest BCUT2D eigenvalue weighted by Gasteiger charge is 2.24. The summed E-state index contributed by atoms with van der Waals surface area (Å²) in [6.07, 6.45) is 3.30. The van der Waals surface area contributed by atoms with E-state index >= 15 is 0 Å². The van der Waals surface area contributed by atoms with Gasteiger partial charge in [0.25, 0.3) is 0 Å². The zero-order chi connectivity index (χ0) is 13.1. The number of carbonyl (C=O) groups is 1. The summed E-state index contributed by atoms with van der Waals surface area (Å²) >= 11 is 0. The number of fused-ring (bicyclic) bond motifs is 1. The lowest BCUT2D eigenvalue weighted by Crippen LogP contribution is -2.37. The average Bonchev–Trinajstić information content (AvgIpc) is 3.23. The highest BCUT2D eigenvalue weighted by Crippen LogP contribution is 2.23.